The minimum Gasteiger partial charge on any atom is -0.374 e. The van der Waals surface area contributed by atoms with Crippen LogP contribution in [-0.4, -0.2) is 18.8 Å². The third-order valence-electron chi connectivity index (χ3n) is 2.49. The lowest BCUT2D eigenvalue weighted by Gasteiger charge is -2.25. The first-order valence-electron chi connectivity index (χ1n) is 6.16. The summed E-state index contributed by atoms with van der Waals surface area (Å²) in [6, 6.07) is 5.20. The van der Waals surface area contributed by atoms with Crippen molar-refractivity contribution >= 4 is 15.9 Å². The van der Waals surface area contributed by atoms with Crippen LogP contribution in [0.3, 0.4) is 0 Å². The van der Waals surface area contributed by atoms with Crippen LogP contribution in [0.2, 0.25) is 0 Å². The van der Waals surface area contributed by atoms with E-state index < -0.39 is 0 Å². The minimum absolute atomic E-state index is 0.133. The molecule has 102 valence electrons. The molecule has 0 saturated heterocycles. The summed E-state index contributed by atoms with van der Waals surface area (Å²) < 4.78 is 20.3. The molecular formula is C14H21BrFNO. The van der Waals surface area contributed by atoms with E-state index in [9.17, 15) is 4.39 Å². The molecule has 1 N–H and O–H groups in total. The largest absolute Gasteiger partial charge is 0.374 e. The van der Waals surface area contributed by atoms with Gasteiger partial charge in [0.2, 0.25) is 0 Å². The van der Waals surface area contributed by atoms with Gasteiger partial charge in [-0.2, -0.15) is 0 Å². The van der Waals surface area contributed by atoms with Gasteiger partial charge in [-0.1, -0.05) is 19.1 Å². The molecule has 0 aliphatic heterocycles. The maximum atomic E-state index is 14.1. The molecule has 0 bridgehead atoms. The van der Waals surface area contributed by atoms with E-state index in [0.29, 0.717) is 16.6 Å². The van der Waals surface area contributed by atoms with Gasteiger partial charge in [0.05, 0.1) is 22.7 Å². The fraction of sp³-hybridized carbons (Fsp3) is 0.571. The zero-order chi connectivity index (χ0) is 13.8. The number of nitrogens with one attached hydrogen (secondary N) is 1. The second-order valence-electron chi connectivity index (χ2n) is 5.18. The quantitative estimate of drug-likeness (QED) is 0.884. The fourth-order valence-corrected chi connectivity index (χ4v) is 2.01. The Bertz CT molecular complexity index is 390. The summed E-state index contributed by atoms with van der Waals surface area (Å²) in [6.45, 7) is 9.20. The predicted molar refractivity (Wildman–Crippen MR) is 76.2 cm³/mol. The molecule has 0 aliphatic carbocycles. The highest BCUT2D eigenvalue weighted by Gasteiger charge is 2.19. The minimum atomic E-state index is -0.226. The number of hydrogen-bond acceptors (Lipinski definition) is 2. The zero-order valence-corrected chi connectivity index (χ0v) is 13.0. The lowest BCUT2D eigenvalue weighted by molar-refractivity contribution is -0.0150. The molecule has 0 fully saturated rings. The van der Waals surface area contributed by atoms with E-state index in [1.165, 1.54) is 0 Å². The molecule has 0 saturated carbocycles. The van der Waals surface area contributed by atoms with Crippen LogP contribution < -0.4 is 5.32 Å². The molecule has 0 amide bonds. The van der Waals surface area contributed by atoms with E-state index in [2.05, 4.69) is 21.2 Å². The van der Waals surface area contributed by atoms with Gasteiger partial charge in [0.25, 0.3) is 0 Å². The van der Waals surface area contributed by atoms with E-state index in [0.717, 1.165) is 6.54 Å². The van der Waals surface area contributed by atoms with E-state index in [1.807, 2.05) is 33.8 Å². The summed E-state index contributed by atoms with van der Waals surface area (Å²) in [4.78, 5) is 0. The summed E-state index contributed by atoms with van der Waals surface area (Å²) >= 11 is 3.21. The Kier molecular flexibility index (Phi) is 5.76. The molecule has 0 heterocycles. The van der Waals surface area contributed by atoms with Crippen molar-refractivity contribution in [3.05, 3.63) is 34.1 Å². The molecule has 1 rings (SSSR count). The SMILES string of the molecule is CCNC(COC(C)(C)C)c1cccc(Br)c1F. The molecule has 2 nitrogen and oxygen atoms in total. The summed E-state index contributed by atoms with van der Waals surface area (Å²) in [7, 11) is 0. The monoisotopic (exact) mass is 317 g/mol. The molecule has 4 heteroatoms. The van der Waals surface area contributed by atoms with Gasteiger partial charge < -0.3 is 10.1 Å². The third-order valence-corrected chi connectivity index (χ3v) is 3.10. The van der Waals surface area contributed by atoms with Crippen molar-refractivity contribution < 1.29 is 9.13 Å². The highest BCUT2D eigenvalue weighted by Crippen LogP contribution is 2.25. The molecule has 1 aromatic carbocycles. The Morgan fingerprint density at radius 2 is 2.06 bits per heavy atom. The van der Waals surface area contributed by atoms with Crippen molar-refractivity contribution in [1.82, 2.24) is 5.32 Å². The molecular weight excluding hydrogens is 297 g/mol. The van der Waals surface area contributed by atoms with E-state index in [-0.39, 0.29) is 17.5 Å². The molecule has 18 heavy (non-hydrogen) atoms. The number of rotatable bonds is 5. The lowest BCUT2D eigenvalue weighted by atomic mass is 10.1. The van der Waals surface area contributed by atoms with Crippen LogP contribution in [0, 0.1) is 5.82 Å². The number of benzene rings is 1. The molecule has 0 radical (unpaired) electrons. The van der Waals surface area contributed by atoms with Crippen LogP contribution >= 0.6 is 15.9 Å². The predicted octanol–water partition coefficient (Wildman–Crippen LogP) is 4.05. The summed E-state index contributed by atoms with van der Waals surface area (Å²) in [5.41, 5.74) is 0.409. The standard InChI is InChI=1S/C14H21BrFNO/c1-5-17-12(9-18-14(2,3)4)10-7-6-8-11(15)13(10)16/h6-8,12,17H,5,9H2,1-4H3. The first-order valence-corrected chi connectivity index (χ1v) is 6.95. The van der Waals surface area contributed by atoms with Gasteiger partial charge in [0.15, 0.2) is 0 Å². The average Bonchev–Trinajstić information content (AvgIpc) is 2.27. The number of hydrogen-bond donors (Lipinski definition) is 1. The topological polar surface area (TPSA) is 21.3 Å². The molecule has 0 aromatic heterocycles. The van der Waals surface area contributed by atoms with Crippen molar-refractivity contribution in [2.24, 2.45) is 0 Å². The van der Waals surface area contributed by atoms with Crippen LogP contribution in [0.1, 0.15) is 39.3 Å². The van der Waals surface area contributed by atoms with Crippen LogP contribution in [0.25, 0.3) is 0 Å². The molecule has 1 unspecified atom stereocenters. The van der Waals surface area contributed by atoms with Crippen molar-refractivity contribution in [3.8, 4) is 0 Å². The lowest BCUT2D eigenvalue weighted by Crippen LogP contribution is -2.30. The maximum Gasteiger partial charge on any atom is 0.142 e. The normalized spacial score (nSPS) is 13.7. The third kappa shape index (κ3) is 4.67. The average molecular weight is 318 g/mol. The molecule has 1 atom stereocenters. The van der Waals surface area contributed by atoms with Gasteiger partial charge in [-0.25, -0.2) is 4.39 Å². The summed E-state index contributed by atoms with van der Waals surface area (Å²) in [6.07, 6.45) is 0. The van der Waals surface area contributed by atoms with Crippen LogP contribution in [0.15, 0.2) is 22.7 Å². The van der Waals surface area contributed by atoms with Crippen molar-refractivity contribution in [3.63, 3.8) is 0 Å². The number of halogens is 2. The molecule has 0 aliphatic rings. The summed E-state index contributed by atoms with van der Waals surface area (Å²) in [5.74, 6) is -0.221. The highest BCUT2D eigenvalue weighted by atomic mass is 79.9. The maximum absolute atomic E-state index is 14.1. The zero-order valence-electron chi connectivity index (χ0n) is 11.4. The Hall–Kier alpha value is -0.450. The van der Waals surface area contributed by atoms with Crippen molar-refractivity contribution in [1.29, 1.82) is 0 Å². The van der Waals surface area contributed by atoms with E-state index in [4.69, 9.17) is 4.74 Å². The smallest absolute Gasteiger partial charge is 0.142 e. The Morgan fingerprint density at radius 1 is 1.39 bits per heavy atom. The second-order valence-corrected chi connectivity index (χ2v) is 6.03. The molecule has 0 spiro atoms. The Balaban J connectivity index is 2.87. The van der Waals surface area contributed by atoms with Gasteiger partial charge in [-0.15, -0.1) is 0 Å². The highest BCUT2D eigenvalue weighted by molar-refractivity contribution is 9.10. The first kappa shape index (κ1) is 15.6. The van der Waals surface area contributed by atoms with Crippen LogP contribution in [0.5, 0.6) is 0 Å². The Labute approximate surface area is 117 Å². The van der Waals surface area contributed by atoms with Crippen molar-refractivity contribution in [2.45, 2.75) is 39.3 Å². The fourth-order valence-electron chi connectivity index (χ4n) is 1.63. The number of likely N-dealkylation sites (N-methyl/N-ethyl adjacent to an activating group) is 1. The van der Waals surface area contributed by atoms with E-state index in [1.54, 1.807) is 12.1 Å². The van der Waals surface area contributed by atoms with Gasteiger partial charge in [0, 0.05) is 5.56 Å². The van der Waals surface area contributed by atoms with Crippen LogP contribution in [0.4, 0.5) is 4.39 Å². The second kappa shape index (κ2) is 6.64. The Morgan fingerprint density at radius 3 is 2.61 bits per heavy atom. The van der Waals surface area contributed by atoms with E-state index >= 15 is 0 Å². The van der Waals surface area contributed by atoms with Gasteiger partial charge in [0.1, 0.15) is 5.82 Å². The van der Waals surface area contributed by atoms with Gasteiger partial charge >= 0.3 is 0 Å². The molecule has 1 aromatic rings. The summed E-state index contributed by atoms with van der Waals surface area (Å²) in [5, 5.41) is 3.25. The van der Waals surface area contributed by atoms with Crippen molar-refractivity contribution in [2.75, 3.05) is 13.2 Å². The number of ether oxygens (including phenoxy) is 1. The van der Waals surface area contributed by atoms with Gasteiger partial charge in [-0.3, -0.25) is 0 Å². The van der Waals surface area contributed by atoms with Gasteiger partial charge in [-0.05, 0) is 49.3 Å². The van der Waals surface area contributed by atoms with Crippen LogP contribution in [-0.2, 0) is 4.74 Å². The first-order chi connectivity index (χ1) is 8.35.